The van der Waals surface area contributed by atoms with Gasteiger partial charge in [-0.2, -0.15) is 13.2 Å². The van der Waals surface area contributed by atoms with Crippen LogP contribution in [0.3, 0.4) is 0 Å². The third-order valence-electron chi connectivity index (χ3n) is 2.43. The van der Waals surface area contributed by atoms with Crippen LogP contribution in [0, 0.1) is 0 Å². The van der Waals surface area contributed by atoms with E-state index in [2.05, 4.69) is 10.1 Å². The number of alkyl halides is 3. The summed E-state index contributed by atoms with van der Waals surface area (Å²) < 4.78 is 39.3. The minimum atomic E-state index is -4.44. The van der Waals surface area contributed by atoms with E-state index in [9.17, 15) is 23.1 Å². The Bertz CT molecular complexity index is 239. The molecule has 0 saturated heterocycles. The molecule has 17 heavy (non-hydrogen) atoms. The van der Waals surface area contributed by atoms with Gasteiger partial charge in [-0.1, -0.05) is 13.8 Å². The molecule has 0 aliphatic carbocycles. The first kappa shape index (κ1) is 16.2. The average molecular weight is 257 g/mol. The first-order chi connectivity index (χ1) is 7.72. The highest BCUT2D eigenvalue weighted by Crippen LogP contribution is 2.14. The van der Waals surface area contributed by atoms with E-state index in [-0.39, 0.29) is 6.54 Å². The van der Waals surface area contributed by atoms with E-state index >= 15 is 0 Å². The molecule has 0 unspecified atom stereocenters. The van der Waals surface area contributed by atoms with Gasteiger partial charge in [-0.3, -0.25) is 4.79 Å². The summed E-state index contributed by atoms with van der Waals surface area (Å²) in [6.07, 6.45) is -3.53. The zero-order chi connectivity index (χ0) is 13.5. The smallest absolute Gasteiger partial charge is 0.388 e. The number of carbonyl (C=O) groups is 1. The van der Waals surface area contributed by atoms with Crippen LogP contribution >= 0.6 is 0 Å². The van der Waals surface area contributed by atoms with Gasteiger partial charge < -0.3 is 15.2 Å². The van der Waals surface area contributed by atoms with Gasteiger partial charge in [-0.05, 0) is 12.8 Å². The molecule has 0 aromatic heterocycles. The van der Waals surface area contributed by atoms with Gasteiger partial charge in [0.05, 0.1) is 5.60 Å². The van der Waals surface area contributed by atoms with Gasteiger partial charge in [0.2, 0.25) is 5.91 Å². The van der Waals surface area contributed by atoms with Gasteiger partial charge in [0.1, 0.15) is 13.2 Å². The molecular weight excluding hydrogens is 239 g/mol. The number of halogens is 3. The molecule has 0 aromatic carbocycles. The highest BCUT2D eigenvalue weighted by atomic mass is 19.4. The van der Waals surface area contributed by atoms with Crippen molar-refractivity contribution in [3.8, 4) is 0 Å². The zero-order valence-electron chi connectivity index (χ0n) is 9.93. The van der Waals surface area contributed by atoms with Crippen molar-refractivity contribution in [1.29, 1.82) is 0 Å². The van der Waals surface area contributed by atoms with Crippen LogP contribution in [0.1, 0.15) is 26.7 Å². The van der Waals surface area contributed by atoms with Crippen molar-refractivity contribution in [3.63, 3.8) is 0 Å². The molecule has 2 N–H and O–H groups in total. The summed E-state index contributed by atoms with van der Waals surface area (Å²) in [7, 11) is 0. The summed E-state index contributed by atoms with van der Waals surface area (Å²) in [6.45, 7) is 1.41. The fraction of sp³-hybridized carbons (Fsp3) is 0.900. The molecule has 0 spiro atoms. The number of aliphatic hydroxyl groups is 1. The molecule has 7 heteroatoms. The third kappa shape index (κ3) is 7.98. The molecule has 0 fully saturated rings. The number of carbonyl (C=O) groups excluding carboxylic acids is 1. The molecule has 0 rings (SSSR count). The van der Waals surface area contributed by atoms with Gasteiger partial charge in [0, 0.05) is 6.54 Å². The Balaban J connectivity index is 3.81. The molecule has 1 amide bonds. The lowest BCUT2D eigenvalue weighted by Gasteiger charge is -2.25. The molecule has 0 heterocycles. The van der Waals surface area contributed by atoms with Crippen molar-refractivity contribution in [2.24, 2.45) is 0 Å². The topological polar surface area (TPSA) is 58.6 Å². The maximum Gasteiger partial charge on any atom is 0.411 e. The van der Waals surface area contributed by atoms with Gasteiger partial charge in [0.25, 0.3) is 0 Å². The van der Waals surface area contributed by atoms with Gasteiger partial charge >= 0.3 is 6.18 Å². The second kappa shape index (κ2) is 6.80. The monoisotopic (exact) mass is 257 g/mol. The lowest BCUT2D eigenvalue weighted by molar-refractivity contribution is -0.175. The average Bonchev–Trinajstić information content (AvgIpc) is 2.24. The normalized spacial score (nSPS) is 12.6. The number of rotatable bonds is 7. The van der Waals surface area contributed by atoms with E-state index in [1.165, 1.54) is 0 Å². The lowest BCUT2D eigenvalue weighted by atomic mass is 9.98. The van der Waals surface area contributed by atoms with Gasteiger partial charge in [-0.25, -0.2) is 0 Å². The Morgan fingerprint density at radius 2 is 1.82 bits per heavy atom. The Kier molecular flexibility index (Phi) is 6.48. The van der Waals surface area contributed by atoms with Crippen LogP contribution in [0.5, 0.6) is 0 Å². The fourth-order valence-corrected chi connectivity index (χ4v) is 1.07. The van der Waals surface area contributed by atoms with Crippen LogP contribution < -0.4 is 5.32 Å². The van der Waals surface area contributed by atoms with E-state index in [1.807, 2.05) is 0 Å². The molecule has 0 radical (unpaired) electrons. The van der Waals surface area contributed by atoms with Crippen LogP contribution in [0.25, 0.3) is 0 Å². The van der Waals surface area contributed by atoms with Crippen molar-refractivity contribution in [1.82, 2.24) is 5.32 Å². The quantitative estimate of drug-likeness (QED) is 0.721. The molecular formula is C10H18F3NO3. The number of hydrogen-bond acceptors (Lipinski definition) is 3. The largest absolute Gasteiger partial charge is 0.411 e. The van der Waals surface area contributed by atoms with Crippen LogP contribution in [-0.2, 0) is 9.53 Å². The number of hydrogen-bond donors (Lipinski definition) is 2. The Morgan fingerprint density at radius 3 is 2.24 bits per heavy atom. The molecule has 0 aromatic rings. The first-order valence-corrected chi connectivity index (χ1v) is 5.36. The maximum atomic E-state index is 11.7. The molecule has 0 bridgehead atoms. The fourth-order valence-electron chi connectivity index (χ4n) is 1.07. The molecule has 0 saturated carbocycles. The molecule has 0 aliphatic rings. The van der Waals surface area contributed by atoms with Crippen LogP contribution in [-0.4, -0.2) is 42.5 Å². The number of amides is 1. The lowest BCUT2D eigenvalue weighted by Crippen LogP contribution is -2.43. The van der Waals surface area contributed by atoms with E-state index < -0.39 is 30.9 Å². The van der Waals surface area contributed by atoms with Crippen molar-refractivity contribution in [3.05, 3.63) is 0 Å². The van der Waals surface area contributed by atoms with Crippen LogP contribution in [0.4, 0.5) is 13.2 Å². The predicted octanol–water partition coefficient (Wildman–Crippen LogP) is 1.23. The van der Waals surface area contributed by atoms with Crippen LogP contribution in [0.15, 0.2) is 0 Å². The Hall–Kier alpha value is -0.820. The first-order valence-electron chi connectivity index (χ1n) is 5.36. The third-order valence-corrected chi connectivity index (χ3v) is 2.43. The second-order valence-corrected chi connectivity index (χ2v) is 3.82. The number of nitrogens with one attached hydrogen (secondary N) is 1. The van der Waals surface area contributed by atoms with E-state index in [1.54, 1.807) is 13.8 Å². The van der Waals surface area contributed by atoms with Crippen LogP contribution in [0.2, 0.25) is 0 Å². The maximum absolute atomic E-state index is 11.7. The highest BCUT2D eigenvalue weighted by molar-refractivity contribution is 5.77. The summed E-state index contributed by atoms with van der Waals surface area (Å²) >= 11 is 0. The zero-order valence-corrected chi connectivity index (χ0v) is 9.93. The standard InChI is InChI=1S/C10H18F3NO3/c1-3-9(16,4-2)6-14-8(15)5-17-7-10(11,12)13/h16H,3-7H2,1-2H3,(H,14,15). The summed E-state index contributed by atoms with van der Waals surface area (Å²) in [4.78, 5) is 11.1. The van der Waals surface area contributed by atoms with E-state index in [4.69, 9.17) is 0 Å². The number of ether oxygens (including phenoxy) is 1. The Labute approximate surface area is 98.1 Å². The SMILES string of the molecule is CCC(O)(CC)CNC(=O)COCC(F)(F)F. The second-order valence-electron chi connectivity index (χ2n) is 3.82. The van der Waals surface area contributed by atoms with Gasteiger partial charge in [-0.15, -0.1) is 0 Å². The predicted molar refractivity (Wildman–Crippen MR) is 55.4 cm³/mol. The van der Waals surface area contributed by atoms with Crippen molar-refractivity contribution in [2.75, 3.05) is 19.8 Å². The van der Waals surface area contributed by atoms with E-state index in [0.29, 0.717) is 12.8 Å². The van der Waals surface area contributed by atoms with E-state index in [0.717, 1.165) is 0 Å². The van der Waals surface area contributed by atoms with Crippen molar-refractivity contribution < 1.29 is 27.8 Å². The molecule has 102 valence electrons. The van der Waals surface area contributed by atoms with Crippen molar-refractivity contribution >= 4 is 5.91 Å². The summed E-state index contributed by atoms with van der Waals surface area (Å²) in [5.41, 5.74) is -1.01. The summed E-state index contributed by atoms with van der Waals surface area (Å²) in [5.74, 6) is -0.672. The minimum Gasteiger partial charge on any atom is -0.388 e. The van der Waals surface area contributed by atoms with Crippen molar-refractivity contribution in [2.45, 2.75) is 38.5 Å². The van der Waals surface area contributed by atoms with Gasteiger partial charge in [0.15, 0.2) is 0 Å². The molecule has 0 aliphatic heterocycles. The highest BCUT2D eigenvalue weighted by Gasteiger charge is 2.28. The Morgan fingerprint density at radius 1 is 1.29 bits per heavy atom. The molecule has 0 atom stereocenters. The molecule has 4 nitrogen and oxygen atoms in total. The summed E-state index contributed by atoms with van der Waals surface area (Å²) in [5, 5.41) is 12.1. The minimum absolute atomic E-state index is 0.00815. The summed E-state index contributed by atoms with van der Waals surface area (Å²) in [6, 6.07) is 0.